The number of rotatable bonds is 2. The van der Waals surface area contributed by atoms with Gasteiger partial charge in [0, 0.05) is 32.2 Å². The predicted octanol–water partition coefficient (Wildman–Crippen LogP) is 2.94. The van der Waals surface area contributed by atoms with Crippen molar-refractivity contribution in [2.45, 2.75) is 31.8 Å². The van der Waals surface area contributed by atoms with Gasteiger partial charge in [-0.05, 0) is 42.5 Å². The smallest absolute Gasteiger partial charge is 0.289 e. The molecule has 0 radical (unpaired) electrons. The van der Waals surface area contributed by atoms with Gasteiger partial charge in [0.25, 0.3) is 5.91 Å². The third-order valence-electron chi connectivity index (χ3n) is 5.09. The van der Waals surface area contributed by atoms with Gasteiger partial charge >= 0.3 is 0 Å². The molecular weight excluding hydrogens is 288 g/mol. The number of likely N-dealkylation sites (tertiary alicyclic amines) is 1. The molecule has 1 aromatic carbocycles. The molecule has 0 aliphatic carbocycles. The minimum absolute atomic E-state index is 0.0251. The summed E-state index contributed by atoms with van der Waals surface area (Å²) in [6, 6.07) is 12.7. The molecule has 3 heterocycles. The number of carbonyl (C=O) groups is 1. The quantitative estimate of drug-likeness (QED) is 0.856. The first-order chi connectivity index (χ1) is 11.3. The SMILES string of the molecule is O=C(c1ccco1)N1CCC[C@@H](N2CCc3ccccc3C2)C1. The molecule has 0 bridgehead atoms. The highest BCUT2D eigenvalue weighted by Crippen LogP contribution is 2.25. The molecule has 0 unspecified atom stereocenters. The maximum atomic E-state index is 12.5. The average molecular weight is 310 g/mol. The molecule has 1 saturated heterocycles. The summed E-state index contributed by atoms with van der Waals surface area (Å²) in [6.07, 6.45) is 4.91. The van der Waals surface area contributed by atoms with Crippen molar-refractivity contribution in [2.24, 2.45) is 0 Å². The van der Waals surface area contributed by atoms with E-state index in [4.69, 9.17) is 4.42 Å². The van der Waals surface area contributed by atoms with Gasteiger partial charge in [0.2, 0.25) is 0 Å². The first-order valence-electron chi connectivity index (χ1n) is 8.45. The second-order valence-electron chi connectivity index (χ2n) is 6.51. The summed E-state index contributed by atoms with van der Waals surface area (Å²) in [5.41, 5.74) is 2.91. The fourth-order valence-electron chi connectivity index (χ4n) is 3.82. The summed E-state index contributed by atoms with van der Waals surface area (Å²) in [7, 11) is 0. The summed E-state index contributed by atoms with van der Waals surface area (Å²) in [5.74, 6) is 0.478. The second-order valence-corrected chi connectivity index (χ2v) is 6.51. The zero-order valence-corrected chi connectivity index (χ0v) is 13.3. The maximum Gasteiger partial charge on any atom is 0.289 e. The molecule has 0 spiro atoms. The number of fused-ring (bicyclic) bond motifs is 1. The summed E-state index contributed by atoms with van der Waals surface area (Å²) < 4.78 is 5.27. The summed E-state index contributed by atoms with van der Waals surface area (Å²) in [5, 5.41) is 0. The van der Waals surface area contributed by atoms with Crippen molar-refractivity contribution in [3.63, 3.8) is 0 Å². The van der Waals surface area contributed by atoms with E-state index in [0.29, 0.717) is 11.8 Å². The van der Waals surface area contributed by atoms with Crippen LogP contribution in [-0.2, 0) is 13.0 Å². The molecule has 4 nitrogen and oxygen atoms in total. The van der Waals surface area contributed by atoms with Crippen LogP contribution in [0.15, 0.2) is 47.1 Å². The molecule has 1 amide bonds. The van der Waals surface area contributed by atoms with Crippen LogP contribution in [0.25, 0.3) is 0 Å². The molecule has 2 aliphatic heterocycles. The Morgan fingerprint density at radius 1 is 1.09 bits per heavy atom. The Balaban J connectivity index is 1.45. The van der Waals surface area contributed by atoms with E-state index in [-0.39, 0.29) is 5.91 Å². The number of carbonyl (C=O) groups excluding carboxylic acids is 1. The van der Waals surface area contributed by atoms with Crippen molar-refractivity contribution in [1.29, 1.82) is 0 Å². The molecule has 4 rings (SSSR count). The standard InChI is InChI=1S/C19H22N2O2/c22-19(18-8-4-12-23-18)21-10-3-7-17(14-21)20-11-9-15-5-1-2-6-16(15)13-20/h1-2,4-6,8,12,17H,3,7,9-11,13-14H2/t17-/m1/s1. The number of nitrogens with zero attached hydrogens (tertiary/aromatic N) is 2. The van der Waals surface area contributed by atoms with Crippen LogP contribution in [0.2, 0.25) is 0 Å². The average Bonchev–Trinajstić information content (AvgIpc) is 3.15. The van der Waals surface area contributed by atoms with Crippen LogP contribution in [-0.4, -0.2) is 41.4 Å². The monoisotopic (exact) mass is 310 g/mol. The van der Waals surface area contributed by atoms with E-state index < -0.39 is 0 Å². The Bertz CT molecular complexity index is 680. The molecule has 120 valence electrons. The minimum Gasteiger partial charge on any atom is -0.459 e. The maximum absolute atomic E-state index is 12.5. The molecule has 0 saturated carbocycles. The van der Waals surface area contributed by atoms with Gasteiger partial charge in [-0.1, -0.05) is 24.3 Å². The van der Waals surface area contributed by atoms with Crippen molar-refractivity contribution in [2.75, 3.05) is 19.6 Å². The van der Waals surface area contributed by atoms with E-state index >= 15 is 0 Å². The first-order valence-corrected chi connectivity index (χ1v) is 8.45. The van der Waals surface area contributed by atoms with Crippen molar-refractivity contribution < 1.29 is 9.21 Å². The largest absolute Gasteiger partial charge is 0.459 e. The van der Waals surface area contributed by atoms with E-state index in [2.05, 4.69) is 29.2 Å². The number of benzene rings is 1. The number of piperidine rings is 1. The predicted molar refractivity (Wildman–Crippen MR) is 88.2 cm³/mol. The zero-order chi connectivity index (χ0) is 15.6. The first kappa shape index (κ1) is 14.5. The van der Waals surface area contributed by atoms with Gasteiger partial charge in [-0.2, -0.15) is 0 Å². The number of hydrogen-bond donors (Lipinski definition) is 0. The fourth-order valence-corrected chi connectivity index (χ4v) is 3.82. The van der Waals surface area contributed by atoms with Gasteiger partial charge in [-0.3, -0.25) is 9.69 Å². The van der Waals surface area contributed by atoms with Crippen molar-refractivity contribution in [1.82, 2.24) is 9.80 Å². The highest BCUT2D eigenvalue weighted by atomic mass is 16.3. The van der Waals surface area contributed by atoms with Gasteiger partial charge in [0.15, 0.2) is 5.76 Å². The lowest BCUT2D eigenvalue weighted by molar-refractivity contribution is 0.0521. The van der Waals surface area contributed by atoms with Gasteiger partial charge in [0.05, 0.1) is 6.26 Å². The highest BCUT2D eigenvalue weighted by Gasteiger charge is 2.30. The van der Waals surface area contributed by atoms with E-state index in [9.17, 15) is 4.79 Å². The van der Waals surface area contributed by atoms with E-state index in [0.717, 1.165) is 39.0 Å². The lowest BCUT2D eigenvalue weighted by Crippen LogP contribution is -2.50. The van der Waals surface area contributed by atoms with Gasteiger partial charge in [-0.25, -0.2) is 0 Å². The van der Waals surface area contributed by atoms with Gasteiger partial charge in [-0.15, -0.1) is 0 Å². The molecule has 1 fully saturated rings. The van der Waals surface area contributed by atoms with Crippen LogP contribution in [0, 0.1) is 0 Å². The Labute approximate surface area is 136 Å². The molecule has 23 heavy (non-hydrogen) atoms. The van der Waals surface area contributed by atoms with Crippen LogP contribution >= 0.6 is 0 Å². The van der Waals surface area contributed by atoms with Crippen LogP contribution in [0.3, 0.4) is 0 Å². The lowest BCUT2D eigenvalue weighted by Gasteiger charge is -2.41. The fraction of sp³-hybridized carbons (Fsp3) is 0.421. The number of furan rings is 1. The molecule has 1 aromatic heterocycles. The van der Waals surface area contributed by atoms with Gasteiger partial charge < -0.3 is 9.32 Å². The summed E-state index contributed by atoms with van der Waals surface area (Å²) in [4.78, 5) is 17.0. The van der Waals surface area contributed by atoms with E-state index in [1.54, 1.807) is 18.4 Å². The normalized spacial score (nSPS) is 21.9. The molecule has 4 heteroatoms. The van der Waals surface area contributed by atoms with Crippen molar-refractivity contribution in [3.05, 3.63) is 59.5 Å². The van der Waals surface area contributed by atoms with Crippen molar-refractivity contribution in [3.8, 4) is 0 Å². The van der Waals surface area contributed by atoms with E-state index in [1.165, 1.54) is 17.5 Å². The molecule has 2 aromatic rings. The summed E-state index contributed by atoms with van der Waals surface area (Å²) in [6.45, 7) is 3.73. The van der Waals surface area contributed by atoms with E-state index in [1.807, 2.05) is 4.90 Å². The van der Waals surface area contributed by atoms with Crippen LogP contribution in [0.4, 0.5) is 0 Å². The van der Waals surface area contributed by atoms with Crippen LogP contribution in [0.1, 0.15) is 34.5 Å². The Hall–Kier alpha value is -2.07. The topological polar surface area (TPSA) is 36.7 Å². The third-order valence-corrected chi connectivity index (χ3v) is 5.09. The highest BCUT2D eigenvalue weighted by molar-refractivity contribution is 5.91. The van der Waals surface area contributed by atoms with Crippen LogP contribution < -0.4 is 0 Å². The minimum atomic E-state index is 0.0251. The molecular formula is C19H22N2O2. The Kier molecular flexibility index (Phi) is 3.92. The third kappa shape index (κ3) is 2.91. The summed E-state index contributed by atoms with van der Waals surface area (Å²) >= 11 is 0. The lowest BCUT2D eigenvalue weighted by atomic mass is 9.96. The number of hydrogen-bond acceptors (Lipinski definition) is 3. The molecule has 1 atom stereocenters. The number of amides is 1. The second kappa shape index (κ2) is 6.20. The molecule has 2 aliphatic rings. The molecule has 0 N–H and O–H groups in total. The van der Waals surface area contributed by atoms with Crippen molar-refractivity contribution >= 4 is 5.91 Å². The van der Waals surface area contributed by atoms with Gasteiger partial charge in [0.1, 0.15) is 0 Å². The zero-order valence-electron chi connectivity index (χ0n) is 13.3. The Morgan fingerprint density at radius 2 is 1.96 bits per heavy atom. The van der Waals surface area contributed by atoms with Crippen LogP contribution in [0.5, 0.6) is 0 Å². The Morgan fingerprint density at radius 3 is 2.78 bits per heavy atom.